The van der Waals surface area contributed by atoms with E-state index >= 15 is 0 Å². The predicted octanol–water partition coefficient (Wildman–Crippen LogP) is 1.67. The molecule has 2 heterocycles. The van der Waals surface area contributed by atoms with Crippen LogP contribution in [-0.2, 0) is 11.4 Å². The number of carbonyl (C=O) groups excluding carboxylic acids is 2. The van der Waals surface area contributed by atoms with Gasteiger partial charge in [0, 0.05) is 17.6 Å². The molecule has 0 aliphatic heterocycles. The average molecular weight is 400 g/mol. The van der Waals surface area contributed by atoms with Gasteiger partial charge < -0.3 is 25.3 Å². The summed E-state index contributed by atoms with van der Waals surface area (Å²) in [5, 5.41) is 16.5. The molecule has 0 radical (unpaired) electrons. The summed E-state index contributed by atoms with van der Waals surface area (Å²) in [6.07, 6.45) is 1.72. The summed E-state index contributed by atoms with van der Waals surface area (Å²) in [6.45, 7) is 5.44. The quantitative estimate of drug-likeness (QED) is 0.527. The minimum Gasteiger partial charge on any atom is -0.487 e. The maximum atomic E-state index is 12.6. The minimum atomic E-state index is -1.18. The summed E-state index contributed by atoms with van der Waals surface area (Å²) in [6, 6.07) is 6.09. The van der Waals surface area contributed by atoms with Gasteiger partial charge in [0.25, 0.3) is 5.91 Å². The first-order chi connectivity index (χ1) is 13.8. The van der Waals surface area contributed by atoms with Gasteiger partial charge in [-0.15, -0.1) is 0 Å². The van der Waals surface area contributed by atoms with Gasteiger partial charge in [-0.3, -0.25) is 14.3 Å². The van der Waals surface area contributed by atoms with Crippen molar-refractivity contribution in [3.8, 4) is 5.75 Å². The fraction of sp³-hybridized carbons (Fsp3) is 0.350. The number of hydrogen-bond donors (Lipinski definition) is 3. The van der Waals surface area contributed by atoms with Crippen LogP contribution in [0.2, 0.25) is 0 Å². The van der Waals surface area contributed by atoms with Crippen molar-refractivity contribution in [1.82, 2.24) is 15.1 Å². The number of aliphatic hydroxyl groups excluding tert-OH is 1. The van der Waals surface area contributed by atoms with Crippen LogP contribution < -0.4 is 15.8 Å². The van der Waals surface area contributed by atoms with Gasteiger partial charge in [-0.1, -0.05) is 0 Å². The van der Waals surface area contributed by atoms with E-state index in [2.05, 4.69) is 10.4 Å². The molecule has 2 amide bonds. The van der Waals surface area contributed by atoms with Gasteiger partial charge in [0.2, 0.25) is 5.91 Å². The number of benzene rings is 1. The molecule has 1 unspecified atom stereocenters. The van der Waals surface area contributed by atoms with Crippen LogP contribution in [0, 0.1) is 6.92 Å². The Hall–Kier alpha value is -3.33. The molecule has 4 N–H and O–H groups in total. The number of amides is 2. The van der Waals surface area contributed by atoms with Crippen molar-refractivity contribution < 1.29 is 23.8 Å². The second-order valence-electron chi connectivity index (χ2n) is 6.95. The van der Waals surface area contributed by atoms with Crippen molar-refractivity contribution in [2.45, 2.75) is 39.5 Å². The molecule has 9 nitrogen and oxygen atoms in total. The molecular formula is C20H24N4O5. The Kier molecular flexibility index (Phi) is 5.88. The van der Waals surface area contributed by atoms with Gasteiger partial charge in [-0.2, -0.15) is 5.10 Å². The molecule has 29 heavy (non-hydrogen) atoms. The fourth-order valence-electron chi connectivity index (χ4n) is 3.09. The Morgan fingerprint density at radius 1 is 1.34 bits per heavy atom. The van der Waals surface area contributed by atoms with Crippen LogP contribution in [0.3, 0.4) is 0 Å². The molecule has 0 aliphatic rings. The number of aliphatic hydroxyl groups is 1. The summed E-state index contributed by atoms with van der Waals surface area (Å²) in [5.74, 6) is -0.447. The van der Waals surface area contributed by atoms with Crippen molar-refractivity contribution in [1.29, 1.82) is 0 Å². The van der Waals surface area contributed by atoms with E-state index in [9.17, 15) is 14.7 Å². The lowest BCUT2D eigenvalue weighted by molar-refractivity contribution is -0.120. The summed E-state index contributed by atoms with van der Waals surface area (Å²) in [4.78, 5) is 24.0. The van der Waals surface area contributed by atoms with Crippen LogP contribution in [0.15, 0.2) is 34.9 Å². The van der Waals surface area contributed by atoms with E-state index in [1.807, 2.05) is 24.6 Å². The number of hydrogen-bond acceptors (Lipinski definition) is 6. The molecule has 0 spiro atoms. The van der Waals surface area contributed by atoms with E-state index in [0.717, 1.165) is 5.69 Å². The molecule has 0 bridgehead atoms. The fourth-order valence-corrected chi connectivity index (χ4v) is 3.09. The van der Waals surface area contributed by atoms with Crippen molar-refractivity contribution in [3.63, 3.8) is 0 Å². The van der Waals surface area contributed by atoms with Crippen LogP contribution in [0.5, 0.6) is 5.75 Å². The normalized spacial score (nSPS) is 12.3. The molecule has 0 fully saturated rings. The lowest BCUT2D eigenvalue weighted by Crippen LogP contribution is -2.46. The smallest absolute Gasteiger partial charge is 0.256 e. The van der Waals surface area contributed by atoms with E-state index in [1.54, 1.807) is 31.3 Å². The molecule has 0 aliphatic carbocycles. The number of aryl methyl sites for hydroxylation is 1. The number of primary amides is 1. The maximum absolute atomic E-state index is 12.6. The Bertz CT molecular complexity index is 1040. The van der Waals surface area contributed by atoms with Gasteiger partial charge in [-0.25, -0.2) is 0 Å². The third kappa shape index (κ3) is 4.24. The van der Waals surface area contributed by atoms with Crippen molar-refractivity contribution in [2.75, 3.05) is 6.61 Å². The summed E-state index contributed by atoms with van der Waals surface area (Å²) in [5.41, 5.74) is 6.87. The average Bonchev–Trinajstić information content (AvgIpc) is 3.27. The third-order valence-electron chi connectivity index (χ3n) is 4.52. The van der Waals surface area contributed by atoms with Crippen LogP contribution in [-0.4, -0.2) is 39.4 Å². The van der Waals surface area contributed by atoms with E-state index in [-0.39, 0.29) is 11.6 Å². The van der Waals surface area contributed by atoms with Crippen LogP contribution in [0.1, 0.15) is 41.7 Å². The zero-order valence-electron chi connectivity index (χ0n) is 16.5. The summed E-state index contributed by atoms with van der Waals surface area (Å²) in [7, 11) is 0. The number of nitrogens with two attached hydrogens (primary N) is 1. The zero-order chi connectivity index (χ0) is 21.1. The van der Waals surface area contributed by atoms with E-state index in [0.29, 0.717) is 29.1 Å². The standard InChI is InChI=1S/C20H24N4O5/c1-11(2)24-13(6-7-22-24)10-28-14-4-5-17-15(8-14)18(12(3)29-17)20(27)23-16(9-25)19(21)26/h4-8,11,16,25H,9-10H2,1-3H3,(H2,21,26)(H,23,27). The van der Waals surface area contributed by atoms with E-state index < -0.39 is 24.5 Å². The molecule has 0 saturated heterocycles. The number of fused-ring (bicyclic) bond motifs is 1. The summed E-state index contributed by atoms with van der Waals surface area (Å²) >= 11 is 0. The molecule has 2 aromatic heterocycles. The molecule has 154 valence electrons. The van der Waals surface area contributed by atoms with Crippen molar-refractivity contribution >= 4 is 22.8 Å². The lowest BCUT2D eigenvalue weighted by Gasteiger charge is -2.13. The number of aromatic nitrogens is 2. The number of carbonyl (C=O) groups is 2. The van der Waals surface area contributed by atoms with Crippen LogP contribution in [0.25, 0.3) is 11.0 Å². The molecule has 3 rings (SSSR count). The zero-order valence-corrected chi connectivity index (χ0v) is 16.5. The monoisotopic (exact) mass is 400 g/mol. The highest BCUT2D eigenvalue weighted by Crippen LogP contribution is 2.29. The van der Waals surface area contributed by atoms with Gasteiger partial charge in [0.15, 0.2) is 0 Å². The van der Waals surface area contributed by atoms with Crippen LogP contribution in [0.4, 0.5) is 0 Å². The highest BCUT2D eigenvalue weighted by atomic mass is 16.5. The van der Waals surface area contributed by atoms with Gasteiger partial charge in [-0.05, 0) is 45.0 Å². The molecule has 9 heteroatoms. The second-order valence-corrected chi connectivity index (χ2v) is 6.95. The number of nitrogens with zero attached hydrogens (tertiary/aromatic N) is 2. The SMILES string of the molecule is Cc1oc2ccc(OCc3ccnn3C(C)C)cc2c1C(=O)NC(CO)C(N)=O. The Labute approximate surface area is 167 Å². The molecule has 3 aromatic rings. The molecule has 1 atom stereocenters. The van der Waals surface area contributed by atoms with E-state index in [1.165, 1.54) is 0 Å². The molecule has 0 saturated carbocycles. The van der Waals surface area contributed by atoms with Gasteiger partial charge in [0.05, 0.1) is 17.9 Å². The minimum absolute atomic E-state index is 0.211. The largest absolute Gasteiger partial charge is 0.487 e. The Balaban J connectivity index is 1.85. The first-order valence-corrected chi connectivity index (χ1v) is 9.21. The molecular weight excluding hydrogens is 376 g/mol. The number of ether oxygens (including phenoxy) is 1. The number of nitrogens with one attached hydrogen (secondary N) is 1. The number of rotatable bonds is 8. The Morgan fingerprint density at radius 3 is 2.76 bits per heavy atom. The highest BCUT2D eigenvalue weighted by molar-refractivity contribution is 6.08. The first kappa shape index (κ1) is 20.4. The van der Waals surface area contributed by atoms with Crippen molar-refractivity contribution in [3.05, 3.63) is 47.5 Å². The summed E-state index contributed by atoms with van der Waals surface area (Å²) < 4.78 is 13.4. The molecule has 1 aromatic carbocycles. The van der Waals surface area contributed by atoms with Gasteiger partial charge in [0.1, 0.15) is 29.7 Å². The topological polar surface area (TPSA) is 133 Å². The third-order valence-corrected chi connectivity index (χ3v) is 4.52. The Morgan fingerprint density at radius 2 is 2.10 bits per heavy atom. The first-order valence-electron chi connectivity index (χ1n) is 9.21. The predicted molar refractivity (Wildman–Crippen MR) is 105 cm³/mol. The van der Waals surface area contributed by atoms with Crippen LogP contribution >= 0.6 is 0 Å². The lowest BCUT2D eigenvalue weighted by atomic mass is 10.1. The number of furan rings is 1. The van der Waals surface area contributed by atoms with Crippen molar-refractivity contribution in [2.24, 2.45) is 5.73 Å². The maximum Gasteiger partial charge on any atom is 0.256 e. The highest BCUT2D eigenvalue weighted by Gasteiger charge is 2.23. The van der Waals surface area contributed by atoms with Gasteiger partial charge >= 0.3 is 0 Å². The van der Waals surface area contributed by atoms with E-state index in [4.69, 9.17) is 14.9 Å². The second kappa shape index (κ2) is 8.36.